The Hall–Kier alpha value is -0.370. The van der Waals surface area contributed by atoms with Crippen molar-refractivity contribution in [2.45, 2.75) is 84.7 Å². The Morgan fingerprint density at radius 1 is 1.14 bits per heavy atom. The maximum atomic E-state index is 12.7. The van der Waals surface area contributed by atoms with Crippen LogP contribution in [0.5, 0.6) is 0 Å². The zero-order valence-electron chi connectivity index (χ0n) is 14.0. The van der Waals surface area contributed by atoms with E-state index in [0.717, 1.165) is 38.5 Å². The number of hydrogen-bond donors (Lipinski definition) is 1. The molecule has 3 rings (SSSR count). The zero-order chi connectivity index (χ0) is 15.3. The molecule has 0 bridgehead atoms. The average molecular weight is 292 g/mol. The van der Waals surface area contributed by atoms with Crippen LogP contribution in [0.1, 0.15) is 78.6 Å². The molecule has 3 fully saturated rings. The van der Waals surface area contributed by atoms with Gasteiger partial charge in [-0.25, -0.2) is 0 Å². The molecule has 2 nitrogen and oxygen atoms in total. The monoisotopic (exact) mass is 292 g/mol. The molecule has 0 aromatic rings. The van der Waals surface area contributed by atoms with Crippen molar-refractivity contribution in [3.8, 4) is 0 Å². The first-order valence-corrected chi connectivity index (χ1v) is 9.15. The first kappa shape index (κ1) is 15.5. The molecule has 0 aromatic carbocycles. The molecule has 0 unspecified atom stereocenters. The number of fused-ring (bicyclic) bond motifs is 3. The van der Waals surface area contributed by atoms with E-state index in [1.165, 1.54) is 19.3 Å². The Balaban J connectivity index is 1.87. The van der Waals surface area contributed by atoms with Gasteiger partial charge in [0.1, 0.15) is 5.78 Å². The highest BCUT2D eigenvalue weighted by Crippen LogP contribution is 2.62. The summed E-state index contributed by atoms with van der Waals surface area (Å²) in [6.07, 6.45) is 9.62. The SMILES string of the molecule is CCCC[C@@]1(C)C(=O)CC[C@H]2[C@@H]3CC[C@H](O)[C@@]3(C)CC[C@@H]21. The second-order valence-electron chi connectivity index (χ2n) is 8.50. The fraction of sp³-hybridized carbons (Fsp3) is 0.947. The summed E-state index contributed by atoms with van der Waals surface area (Å²) in [5.74, 6) is 2.44. The standard InChI is InChI=1S/C19H32O2/c1-4-5-11-18(2)15-10-12-19(3)14(7-9-17(19)21)13(15)6-8-16(18)20/h13-15,17,21H,4-12H2,1-3H3/t13-,14-,15-,17-,18+,19-/m0/s1. The number of aliphatic hydroxyl groups excluding tert-OH is 1. The van der Waals surface area contributed by atoms with E-state index in [2.05, 4.69) is 20.8 Å². The number of Topliss-reactive ketones (excluding diaryl/α,β-unsaturated/α-hetero) is 1. The minimum absolute atomic E-state index is 0.0756. The van der Waals surface area contributed by atoms with E-state index in [1.807, 2.05) is 0 Å². The molecule has 21 heavy (non-hydrogen) atoms. The molecule has 0 aliphatic heterocycles. The van der Waals surface area contributed by atoms with Crippen LogP contribution in [-0.4, -0.2) is 17.0 Å². The molecule has 0 aromatic heterocycles. The molecular weight excluding hydrogens is 260 g/mol. The number of carbonyl (C=O) groups excluding carboxylic acids is 1. The van der Waals surface area contributed by atoms with Crippen molar-refractivity contribution in [2.75, 3.05) is 0 Å². The molecular formula is C19H32O2. The fourth-order valence-corrected chi connectivity index (χ4v) is 6.11. The summed E-state index contributed by atoms with van der Waals surface area (Å²) in [6, 6.07) is 0. The first-order valence-electron chi connectivity index (χ1n) is 9.15. The molecule has 0 spiro atoms. The van der Waals surface area contributed by atoms with Gasteiger partial charge in [0.15, 0.2) is 0 Å². The summed E-state index contributed by atoms with van der Waals surface area (Å²) < 4.78 is 0. The van der Waals surface area contributed by atoms with Gasteiger partial charge in [-0.05, 0) is 61.7 Å². The van der Waals surface area contributed by atoms with Crippen molar-refractivity contribution < 1.29 is 9.90 Å². The van der Waals surface area contributed by atoms with Crippen LogP contribution in [0, 0.1) is 28.6 Å². The van der Waals surface area contributed by atoms with Gasteiger partial charge in [0.25, 0.3) is 0 Å². The summed E-state index contributed by atoms with van der Waals surface area (Å²) in [5, 5.41) is 10.4. The van der Waals surface area contributed by atoms with E-state index in [1.54, 1.807) is 0 Å². The van der Waals surface area contributed by atoms with Gasteiger partial charge in [-0.2, -0.15) is 0 Å². The number of ketones is 1. The quantitative estimate of drug-likeness (QED) is 0.839. The lowest BCUT2D eigenvalue weighted by atomic mass is 9.49. The van der Waals surface area contributed by atoms with Crippen LogP contribution < -0.4 is 0 Å². The molecule has 120 valence electrons. The third-order valence-corrected chi connectivity index (χ3v) is 7.60. The minimum atomic E-state index is -0.108. The summed E-state index contributed by atoms with van der Waals surface area (Å²) >= 11 is 0. The largest absolute Gasteiger partial charge is 0.393 e. The van der Waals surface area contributed by atoms with E-state index >= 15 is 0 Å². The van der Waals surface area contributed by atoms with Gasteiger partial charge in [-0.3, -0.25) is 4.79 Å². The molecule has 3 saturated carbocycles. The van der Waals surface area contributed by atoms with Crippen LogP contribution in [0.3, 0.4) is 0 Å². The predicted octanol–water partition coefficient (Wildman–Crippen LogP) is 4.35. The van der Waals surface area contributed by atoms with Crippen LogP contribution in [0.4, 0.5) is 0 Å². The van der Waals surface area contributed by atoms with Gasteiger partial charge in [-0.15, -0.1) is 0 Å². The van der Waals surface area contributed by atoms with Crippen molar-refractivity contribution in [1.29, 1.82) is 0 Å². The van der Waals surface area contributed by atoms with Crippen molar-refractivity contribution in [1.82, 2.24) is 0 Å². The van der Waals surface area contributed by atoms with Crippen LogP contribution in [0.15, 0.2) is 0 Å². The van der Waals surface area contributed by atoms with E-state index in [9.17, 15) is 9.90 Å². The van der Waals surface area contributed by atoms with Crippen LogP contribution in [0.2, 0.25) is 0 Å². The maximum Gasteiger partial charge on any atom is 0.139 e. The number of unbranched alkanes of at least 4 members (excludes halogenated alkanes) is 1. The molecule has 6 atom stereocenters. The smallest absolute Gasteiger partial charge is 0.139 e. The molecule has 0 amide bonds. The van der Waals surface area contributed by atoms with Crippen LogP contribution >= 0.6 is 0 Å². The fourth-order valence-electron chi connectivity index (χ4n) is 6.11. The van der Waals surface area contributed by atoms with Crippen molar-refractivity contribution in [3.63, 3.8) is 0 Å². The predicted molar refractivity (Wildman–Crippen MR) is 84.9 cm³/mol. The van der Waals surface area contributed by atoms with E-state index in [0.29, 0.717) is 23.5 Å². The van der Waals surface area contributed by atoms with Gasteiger partial charge in [0, 0.05) is 11.8 Å². The third-order valence-electron chi connectivity index (χ3n) is 7.60. The van der Waals surface area contributed by atoms with Gasteiger partial charge in [0.2, 0.25) is 0 Å². The normalized spacial score (nSPS) is 49.8. The maximum absolute atomic E-state index is 12.7. The lowest BCUT2D eigenvalue weighted by Gasteiger charge is -2.55. The van der Waals surface area contributed by atoms with Crippen molar-refractivity contribution in [3.05, 3.63) is 0 Å². The molecule has 3 aliphatic rings. The Morgan fingerprint density at radius 2 is 1.90 bits per heavy atom. The Bertz CT molecular complexity index is 418. The Labute approximate surface area is 129 Å². The lowest BCUT2D eigenvalue weighted by molar-refractivity contribution is -0.147. The van der Waals surface area contributed by atoms with Crippen molar-refractivity contribution in [2.24, 2.45) is 28.6 Å². The molecule has 0 heterocycles. The number of aliphatic hydroxyl groups is 1. The van der Waals surface area contributed by atoms with Crippen LogP contribution in [0.25, 0.3) is 0 Å². The second-order valence-corrected chi connectivity index (χ2v) is 8.50. The number of carbonyl (C=O) groups is 1. The van der Waals surface area contributed by atoms with Crippen LogP contribution in [-0.2, 0) is 4.79 Å². The lowest BCUT2D eigenvalue weighted by Crippen LogP contribution is -2.52. The van der Waals surface area contributed by atoms with Crippen molar-refractivity contribution >= 4 is 5.78 Å². The van der Waals surface area contributed by atoms with Gasteiger partial charge < -0.3 is 5.11 Å². The van der Waals surface area contributed by atoms with E-state index in [4.69, 9.17) is 0 Å². The Kier molecular flexibility index (Phi) is 3.97. The minimum Gasteiger partial charge on any atom is -0.393 e. The topological polar surface area (TPSA) is 37.3 Å². The summed E-state index contributed by atoms with van der Waals surface area (Å²) in [5.41, 5.74) is 0.0566. The Morgan fingerprint density at radius 3 is 2.62 bits per heavy atom. The average Bonchev–Trinajstić information content (AvgIpc) is 2.77. The van der Waals surface area contributed by atoms with E-state index < -0.39 is 0 Å². The van der Waals surface area contributed by atoms with Gasteiger partial charge in [0.05, 0.1) is 6.10 Å². The van der Waals surface area contributed by atoms with Gasteiger partial charge in [-0.1, -0.05) is 33.6 Å². The summed E-state index contributed by atoms with van der Waals surface area (Å²) in [7, 11) is 0. The summed E-state index contributed by atoms with van der Waals surface area (Å²) in [6.45, 7) is 6.79. The second kappa shape index (κ2) is 5.37. The van der Waals surface area contributed by atoms with E-state index in [-0.39, 0.29) is 16.9 Å². The zero-order valence-corrected chi connectivity index (χ0v) is 14.0. The molecule has 2 heteroatoms. The molecule has 0 saturated heterocycles. The summed E-state index contributed by atoms with van der Waals surface area (Å²) in [4.78, 5) is 12.7. The first-order chi connectivity index (χ1) is 9.93. The third kappa shape index (κ3) is 2.20. The van der Waals surface area contributed by atoms with Gasteiger partial charge >= 0.3 is 0 Å². The highest BCUT2D eigenvalue weighted by atomic mass is 16.3. The number of hydrogen-bond acceptors (Lipinski definition) is 2. The highest BCUT2D eigenvalue weighted by molar-refractivity contribution is 5.85. The highest BCUT2D eigenvalue weighted by Gasteiger charge is 2.59. The molecule has 1 N–H and O–H groups in total. The molecule has 3 aliphatic carbocycles. The molecule has 0 radical (unpaired) electrons. The number of rotatable bonds is 3.